The molecule has 0 radical (unpaired) electrons. The van der Waals surface area contributed by atoms with Gasteiger partial charge < -0.3 is 15.2 Å². The molecule has 0 saturated heterocycles. The second-order valence-electron chi connectivity index (χ2n) is 4.43. The summed E-state index contributed by atoms with van der Waals surface area (Å²) in [7, 11) is 1.65. The summed E-state index contributed by atoms with van der Waals surface area (Å²) in [6, 6.07) is 15.7. The molecule has 0 heterocycles. The summed E-state index contributed by atoms with van der Waals surface area (Å²) in [5.41, 5.74) is 8.03. The van der Waals surface area contributed by atoms with Crippen LogP contribution in [0.5, 0.6) is 11.5 Å². The molecule has 2 N–H and O–H groups in total. The Labute approximate surface area is 114 Å². The van der Waals surface area contributed by atoms with Crippen molar-refractivity contribution in [2.75, 3.05) is 13.7 Å². The van der Waals surface area contributed by atoms with Crippen LogP contribution in [-0.4, -0.2) is 13.7 Å². The molecule has 0 spiro atoms. The second-order valence-corrected chi connectivity index (χ2v) is 4.43. The minimum absolute atomic E-state index is 0.169. The van der Waals surface area contributed by atoms with Gasteiger partial charge in [0.2, 0.25) is 0 Å². The van der Waals surface area contributed by atoms with Crippen LogP contribution in [0, 0.1) is 6.92 Å². The minimum Gasteiger partial charge on any atom is -0.497 e. The monoisotopic (exact) mass is 257 g/mol. The van der Waals surface area contributed by atoms with Crippen molar-refractivity contribution in [3.05, 3.63) is 59.7 Å². The van der Waals surface area contributed by atoms with Crippen molar-refractivity contribution >= 4 is 0 Å². The summed E-state index contributed by atoms with van der Waals surface area (Å²) >= 11 is 0. The number of rotatable bonds is 5. The predicted octanol–water partition coefficient (Wildman–Crippen LogP) is 3.08. The third-order valence-electron chi connectivity index (χ3n) is 2.98. The largest absolute Gasteiger partial charge is 0.497 e. The van der Waals surface area contributed by atoms with Crippen molar-refractivity contribution in [2.24, 2.45) is 5.73 Å². The van der Waals surface area contributed by atoms with E-state index >= 15 is 0 Å². The SMILES string of the molecule is COc1cccc(C(CN)Oc2ccc(C)cc2)c1. The highest BCUT2D eigenvalue weighted by Gasteiger charge is 2.12. The predicted molar refractivity (Wildman–Crippen MR) is 76.6 cm³/mol. The zero-order chi connectivity index (χ0) is 13.7. The Morgan fingerprint density at radius 2 is 1.79 bits per heavy atom. The molecule has 0 bridgehead atoms. The van der Waals surface area contributed by atoms with Crippen LogP contribution in [0.15, 0.2) is 48.5 Å². The van der Waals surface area contributed by atoms with Gasteiger partial charge in [-0.25, -0.2) is 0 Å². The fraction of sp³-hybridized carbons (Fsp3) is 0.250. The van der Waals surface area contributed by atoms with Gasteiger partial charge >= 0.3 is 0 Å². The summed E-state index contributed by atoms with van der Waals surface area (Å²) in [4.78, 5) is 0. The highest BCUT2D eigenvalue weighted by molar-refractivity contribution is 5.32. The Kier molecular flexibility index (Phi) is 4.42. The van der Waals surface area contributed by atoms with Crippen LogP contribution in [0.4, 0.5) is 0 Å². The summed E-state index contributed by atoms with van der Waals surface area (Å²) in [6.07, 6.45) is -0.169. The van der Waals surface area contributed by atoms with Crippen LogP contribution in [0.2, 0.25) is 0 Å². The van der Waals surface area contributed by atoms with Gasteiger partial charge in [-0.1, -0.05) is 29.8 Å². The molecule has 0 aromatic heterocycles. The van der Waals surface area contributed by atoms with Gasteiger partial charge in [-0.2, -0.15) is 0 Å². The highest BCUT2D eigenvalue weighted by Crippen LogP contribution is 2.24. The number of hydrogen-bond donors (Lipinski definition) is 1. The molecule has 0 aliphatic carbocycles. The third-order valence-corrected chi connectivity index (χ3v) is 2.98. The first kappa shape index (κ1) is 13.4. The fourth-order valence-electron chi connectivity index (χ4n) is 1.88. The van der Waals surface area contributed by atoms with Crippen molar-refractivity contribution in [1.82, 2.24) is 0 Å². The quantitative estimate of drug-likeness (QED) is 0.895. The maximum absolute atomic E-state index is 5.92. The molecule has 0 aliphatic heterocycles. The van der Waals surface area contributed by atoms with E-state index in [1.54, 1.807) is 7.11 Å². The van der Waals surface area contributed by atoms with Gasteiger partial charge in [-0.15, -0.1) is 0 Å². The smallest absolute Gasteiger partial charge is 0.136 e. The van der Waals surface area contributed by atoms with Gasteiger partial charge in [0.1, 0.15) is 17.6 Å². The number of aryl methyl sites for hydroxylation is 1. The topological polar surface area (TPSA) is 44.5 Å². The van der Waals surface area contributed by atoms with E-state index in [0.717, 1.165) is 17.1 Å². The van der Waals surface area contributed by atoms with Crippen molar-refractivity contribution in [3.63, 3.8) is 0 Å². The molecule has 100 valence electrons. The normalized spacial score (nSPS) is 11.9. The molecule has 3 heteroatoms. The molecule has 0 aliphatic rings. The molecular formula is C16H19NO2. The first-order valence-corrected chi connectivity index (χ1v) is 6.30. The zero-order valence-corrected chi connectivity index (χ0v) is 11.3. The summed E-state index contributed by atoms with van der Waals surface area (Å²) in [5.74, 6) is 1.63. The number of methoxy groups -OCH3 is 1. The first-order chi connectivity index (χ1) is 9.22. The van der Waals surface area contributed by atoms with E-state index in [4.69, 9.17) is 15.2 Å². The van der Waals surface area contributed by atoms with Gasteiger partial charge in [-0.3, -0.25) is 0 Å². The lowest BCUT2D eigenvalue weighted by Gasteiger charge is -2.18. The molecule has 3 nitrogen and oxygen atoms in total. The molecule has 1 unspecified atom stereocenters. The average Bonchev–Trinajstić information content (AvgIpc) is 2.46. The molecule has 19 heavy (non-hydrogen) atoms. The molecule has 2 rings (SSSR count). The van der Waals surface area contributed by atoms with Crippen molar-refractivity contribution in [1.29, 1.82) is 0 Å². The molecular weight excluding hydrogens is 238 g/mol. The first-order valence-electron chi connectivity index (χ1n) is 6.30. The van der Waals surface area contributed by atoms with E-state index in [1.165, 1.54) is 5.56 Å². The number of ether oxygens (including phenoxy) is 2. The summed E-state index contributed by atoms with van der Waals surface area (Å²) < 4.78 is 11.1. The van der Waals surface area contributed by atoms with Gasteiger partial charge in [0.05, 0.1) is 7.11 Å². The number of nitrogens with two attached hydrogens (primary N) is 1. The Bertz CT molecular complexity index is 523. The third kappa shape index (κ3) is 3.48. The molecule has 0 amide bonds. The molecule has 2 aromatic rings. The van der Waals surface area contributed by atoms with Gasteiger partial charge in [-0.05, 0) is 36.8 Å². The van der Waals surface area contributed by atoms with Crippen molar-refractivity contribution in [2.45, 2.75) is 13.0 Å². The van der Waals surface area contributed by atoms with Crippen molar-refractivity contribution in [3.8, 4) is 11.5 Å². The minimum atomic E-state index is -0.169. The Morgan fingerprint density at radius 1 is 1.05 bits per heavy atom. The lowest BCUT2D eigenvalue weighted by molar-refractivity contribution is 0.213. The molecule has 0 saturated carbocycles. The zero-order valence-electron chi connectivity index (χ0n) is 11.3. The lowest BCUT2D eigenvalue weighted by Crippen LogP contribution is -2.18. The maximum atomic E-state index is 5.92. The second kappa shape index (κ2) is 6.25. The Hall–Kier alpha value is -2.00. The van der Waals surface area contributed by atoms with Crippen LogP contribution < -0.4 is 15.2 Å². The number of hydrogen-bond acceptors (Lipinski definition) is 3. The van der Waals surface area contributed by atoms with Crippen LogP contribution in [0.1, 0.15) is 17.2 Å². The summed E-state index contributed by atoms with van der Waals surface area (Å²) in [5, 5.41) is 0. The van der Waals surface area contributed by atoms with Crippen LogP contribution >= 0.6 is 0 Å². The van der Waals surface area contributed by atoms with Gasteiger partial charge in [0, 0.05) is 6.54 Å². The van der Waals surface area contributed by atoms with E-state index in [2.05, 4.69) is 0 Å². The van der Waals surface area contributed by atoms with Crippen LogP contribution in [0.25, 0.3) is 0 Å². The van der Waals surface area contributed by atoms with Gasteiger partial charge in [0.15, 0.2) is 0 Å². The number of benzene rings is 2. The van der Waals surface area contributed by atoms with E-state index in [0.29, 0.717) is 6.54 Å². The van der Waals surface area contributed by atoms with Crippen LogP contribution in [-0.2, 0) is 0 Å². The van der Waals surface area contributed by atoms with E-state index in [9.17, 15) is 0 Å². The Balaban J connectivity index is 2.17. The van der Waals surface area contributed by atoms with E-state index in [-0.39, 0.29) is 6.10 Å². The van der Waals surface area contributed by atoms with E-state index in [1.807, 2.05) is 55.5 Å². The van der Waals surface area contributed by atoms with Crippen molar-refractivity contribution < 1.29 is 9.47 Å². The lowest BCUT2D eigenvalue weighted by atomic mass is 10.1. The Morgan fingerprint density at radius 3 is 2.42 bits per heavy atom. The molecule has 2 aromatic carbocycles. The highest BCUT2D eigenvalue weighted by atomic mass is 16.5. The molecule has 1 atom stereocenters. The summed E-state index contributed by atoms with van der Waals surface area (Å²) in [6.45, 7) is 2.47. The fourth-order valence-corrected chi connectivity index (χ4v) is 1.88. The average molecular weight is 257 g/mol. The van der Waals surface area contributed by atoms with Crippen LogP contribution in [0.3, 0.4) is 0 Å². The van der Waals surface area contributed by atoms with E-state index < -0.39 is 0 Å². The maximum Gasteiger partial charge on any atom is 0.136 e. The van der Waals surface area contributed by atoms with Gasteiger partial charge in [0.25, 0.3) is 0 Å². The standard InChI is InChI=1S/C16H19NO2/c1-12-6-8-14(9-7-12)19-16(11-17)13-4-3-5-15(10-13)18-2/h3-10,16H,11,17H2,1-2H3. The molecule has 0 fully saturated rings.